The van der Waals surface area contributed by atoms with Gasteiger partial charge in [0.1, 0.15) is 0 Å². The molecule has 1 aromatic rings. The van der Waals surface area contributed by atoms with Gasteiger partial charge in [-0.2, -0.15) is 0 Å². The molecule has 1 aromatic heterocycles. The molecule has 0 aliphatic carbocycles. The van der Waals surface area contributed by atoms with E-state index >= 15 is 0 Å². The summed E-state index contributed by atoms with van der Waals surface area (Å²) in [5, 5.41) is 9.78. The Bertz CT molecular complexity index is 379. The second-order valence-corrected chi connectivity index (χ2v) is 4.14. The van der Waals surface area contributed by atoms with E-state index < -0.39 is 6.10 Å². The molecule has 0 amide bonds. The standard InChI is InChI=1S/C14H20O4/c1-3-18-14(16)9-13(15)11(2)5-4-6-12-7-8-17-10-12/h5,7-8,10,13,15H,3-4,6,9H2,1-2H3/b11-5+. The molecule has 0 saturated carbocycles. The van der Waals surface area contributed by atoms with Crippen LogP contribution in [0.2, 0.25) is 0 Å². The monoisotopic (exact) mass is 252 g/mol. The molecule has 0 aromatic carbocycles. The zero-order valence-corrected chi connectivity index (χ0v) is 10.9. The van der Waals surface area contributed by atoms with Crippen LogP contribution >= 0.6 is 0 Å². The summed E-state index contributed by atoms with van der Waals surface area (Å²) in [5.74, 6) is -0.368. The van der Waals surface area contributed by atoms with Crippen molar-refractivity contribution in [3.63, 3.8) is 0 Å². The van der Waals surface area contributed by atoms with Crippen molar-refractivity contribution in [2.45, 2.75) is 39.2 Å². The van der Waals surface area contributed by atoms with Gasteiger partial charge in [-0.3, -0.25) is 4.79 Å². The molecule has 4 heteroatoms. The summed E-state index contributed by atoms with van der Waals surface area (Å²) in [5.41, 5.74) is 1.92. The van der Waals surface area contributed by atoms with Gasteiger partial charge in [-0.05, 0) is 43.9 Å². The number of aliphatic hydroxyl groups is 1. The summed E-state index contributed by atoms with van der Waals surface area (Å²) in [7, 11) is 0. The number of carbonyl (C=O) groups is 1. The van der Waals surface area contributed by atoms with Crippen LogP contribution in [0, 0.1) is 0 Å². The topological polar surface area (TPSA) is 59.7 Å². The van der Waals surface area contributed by atoms with E-state index in [0.29, 0.717) is 6.61 Å². The lowest BCUT2D eigenvalue weighted by molar-refractivity contribution is -0.144. The lowest BCUT2D eigenvalue weighted by Gasteiger charge is -2.10. The number of rotatable bonds is 7. The third kappa shape index (κ3) is 5.19. The van der Waals surface area contributed by atoms with Crippen molar-refractivity contribution in [1.29, 1.82) is 0 Å². The van der Waals surface area contributed by atoms with Crippen LogP contribution in [0.4, 0.5) is 0 Å². The Labute approximate surface area is 107 Å². The zero-order valence-electron chi connectivity index (χ0n) is 10.9. The second kappa shape index (κ2) is 7.71. The zero-order chi connectivity index (χ0) is 13.4. The normalized spacial score (nSPS) is 13.4. The molecule has 1 N–H and O–H groups in total. The first-order valence-corrected chi connectivity index (χ1v) is 6.15. The number of aryl methyl sites for hydroxylation is 1. The Kier molecular flexibility index (Phi) is 6.22. The Hall–Kier alpha value is -1.55. The molecule has 1 rings (SSSR count). The van der Waals surface area contributed by atoms with Gasteiger partial charge in [-0.25, -0.2) is 0 Å². The Morgan fingerprint density at radius 1 is 1.61 bits per heavy atom. The van der Waals surface area contributed by atoms with Crippen molar-refractivity contribution in [3.05, 3.63) is 35.8 Å². The largest absolute Gasteiger partial charge is 0.472 e. The summed E-state index contributed by atoms with van der Waals surface area (Å²) in [6.07, 6.45) is 6.22. The summed E-state index contributed by atoms with van der Waals surface area (Å²) >= 11 is 0. The van der Waals surface area contributed by atoms with Crippen LogP contribution in [-0.4, -0.2) is 23.8 Å². The third-order valence-electron chi connectivity index (χ3n) is 2.67. The van der Waals surface area contributed by atoms with Gasteiger partial charge >= 0.3 is 5.97 Å². The second-order valence-electron chi connectivity index (χ2n) is 4.14. The maximum absolute atomic E-state index is 11.2. The Morgan fingerprint density at radius 3 is 3.00 bits per heavy atom. The maximum Gasteiger partial charge on any atom is 0.308 e. The van der Waals surface area contributed by atoms with E-state index in [1.807, 2.05) is 19.1 Å². The molecule has 0 saturated heterocycles. The van der Waals surface area contributed by atoms with Gasteiger partial charge in [0.05, 0.1) is 31.7 Å². The van der Waals surface area contributed by atoms with Crippen LogP contribution in [0.3, 0.4) is 0 Å². The first-order valence-electron chi connectivity index (χ1n) is 6.15. The van der Waals surface area contributed by atoms with Crippen LogP contribution < -0.4 is 0 Å². The molecule has 0 aliphatic rings. The van der Waals surface area contributed by atoms with Crippen molar-refractivity contribution in [2.75, 3.05) is 6.61 Å². The number of carbonyl (C=O) groups excluding carboxylic acids is 1. The van der Waals surface area contributed by atoms with E-state index in [4.69, 9.17) is 9.15 Å². The van der Waals surface area contributed by atoms with Crippen LogP contribution in [-0.2, 0) is 16.0 Å². The maximum atomic E-state index is 11.2. The first kappa shape index (κ1) is 14.5. The van der Waals surface area contributed by atoms with Gasteiger partial charge < -0.3 is 14.3 Å². The van der Waals surface area contributed by atoms with Crippen molar-refractivity contribution in [1.82, 2.24) is 0 Å². The number of ether oxygens (including phenoxy) is 1. The average Bonchev–Trinajstić information content (AvgIpc) is 2.82. The van der Waals surface area contributed by atoms with Gasteiger partial charge in [-0.15, -0.1) is 0 Å². The highest BCUT2D eigenvalue weighted by molar-refractivity contribution is 5.70. The number of hydrogen-bond acceptors (Lipinski definition) is 4. The van der Waals surface area contributed by atoms with Crippen LogP contribution in [0.5, 0.6) is 0 Å². The van der Waals surface area contributed by atoms with Crippen LogP contribution in [0.1, 0.15) is 32.3 Å². The quantitative estimate of drug-likeness (QED) is 0.598. The van der Waals surface area contributed by atoms with Gasteiger partial charge in [0, 0.05) is 0 Å². The molecule has 1 heterocycles. The van der Waals surface area contributed by atoms with E-state index in [1.165, 1.54) is 0 Å². The van der Waals surface area contributed by atoms with Crippen molar-refractivity contribution < 1.29 is 19.1 Å². The minimum Gasteiger partial charge on any atom is -0.472 e. The molecule has 18 heavy (non-hydrogen) atoms. The molecule has 0 radical (unpaired) electrons. The SMILES string of the molecule is CCOC(=O)CC(O)/C(C)=C/CCc1ccoc1. The van der Waals surface area contributed by atoms with Gasteiger partial charge in [-0.1, -0.05) is 6.08 Å². The number of allylic oxidation sites excluding steroid dienone is 1. The van der Waals surface area contributed by atoms with E-state index in [2.05, 4.69) is 0 Å². The fraction of sp³-hybridized carbons (Fsp3) is 0.500. The molecule has 100 valence electrons. The average molecular weight is 252 g/mol. The predicted octanol–water partition coefficient (Wildman–Crippen LogP) is 2.47. The molecular weight excluding hydrogens is 232 g/mol. The van der Waals surface area contributed by atoms with E-state index in [-0.39, 0.29) is 12.4 Å². The fourth-order valence-electron chi connectivity index (χ4n) is 1.58. The summed E-state index contributed by atoms with van der Waals surface area (Å²) in [6.45, 7) is 3.91. The van der Waals surface area contributed by atoms with Crippen molar-refractivity contribution >= 4 is 5.97 Å². The minimum absolute atomic E-state index is 0.0158. The van der Waals surface area contributed by atoms with E-state index in [1.54, 1.807) is 19.5 Å². The van der Waals surface area contributed by atoms with Crippen LogP contribution in [0.15, 0.2) is 34.7 Å². The Balaban J connectivity index is 2.33. The van der Waals surface area contributed by atoms with Crippen molar-refractivity contribution in [3.8, 4) is 0 Å². The smallest absolute Gasteiger partial charge is 0.308 e. The third-order valence-corrected chi connectivity index (χ3v) is 2.67. The molecule has 0 fully saturated rings. The lowest BCUT2D eigenvalue weighted by Crippen LogP contribution is -2.16. The first-order chi connectivity index (χ1) is 8.63. The number of hydrogen-bond donors (Lipinski definition) is 1. The lowest BCUT2D eigenvalue weighted by atomic mass is 10.1. The molecule has 0 aliphatic heterocycles. The molecular formula is C14H20O4. The van der Waals surface area contributed by atoms with Crippen LogP contribution in [0.25, 0.3) is 0 Å². The predicted molar refractivity (Wildman–Crippen MR) is 68.0 cm³/mol. The minimum atomic E-state index is -0.756. The molecule has 1 unspecified atom stereocenters. The molecule has 4 nitrogen and oxygen atoms in total. The van der Waals surface area contributed by atoms with Crippen molar-refractivity contribution in [2.24, 2.45) is 0 Å². The number of aliphatic hydroxyl groups excluding tert-OH is 1. The summed E-state index contributed by atoms with van der Waals surface area (Å²) in [4.78, 5) is 11.2. The van der Waals surface area contributed by atoms with E-state index in [0.717, 1.165) is 24.0 Å². The highest BCUT2D eigenvalue weighted by Gasteiger charge is 2.12. The molecule has 0 bridgehead atoms. The van der Waals surface area contributed by atoms with Gasteiger partial charge in [0.2, 0.25) is 0 Å². The highest BCUT2D eigenvalue weighted by Crippen LogP contribution is 2.10. The summed E-state index contributed by atoms with van der Waals surface area (Å²) < 4.78 is 9.76. The van der Waals surface area contributed by atoms with Gasteiger partial charge in [0.15, 0.2) is 0 Å². The molecule has 1 atom stereocenters. The molecule has 0 spiro atoms. The van der Waals surface area contributed by atoms with Gasteiger partial charge in [0.25, 0.3) is 0 Å². The van der Waals surface area contributed by atoms with E-state index in [9.17, 15) is 9.90 Å². The number of furan rings is 1. The fourth-order valence-corrected chi connectivity index (χ4v) is 1.58. The highest BCUT2D eigenvalue weighted by atomic mass is 16.5. The number of esters is 1. The summed E-state index contributed by atoms with van der Waals surface area (Å²) in [6, 6.07) is 1.91. The Morgan fingerprint density at radius 2 is 2.39 bits per heavy atom.